The maximum absolute atomic E-state index is 14.2. The Bertz CT molecular complexity index is 1030. The molecule has 2 aromatic carbocycles. The smallest absolute Gasteiger partial charge is 0.326 e. The lowest BCUT2D eigenvalue weighted by atomic mass is 10.0. The van der Waals surface area contributed by atoms with Gasteiger partial charge < -0.3 is 5.11 Å². The highest BCUT2D eigenvalue weighted by Gasteiger charge is 2.59. The Balaban J connectivity index is 0.00000117. The van der Waals surface area contributed by atoms with Crippen LogP contribution in [0, 0.1) is 11.7 Å². The van der Waals surface area contributed by atoms with Crippen LogP contribution in [0.5, 0.6) is 0 Å². The van der Waals surface area contributed by atoms with E-state index in [0.717, 1.165) is 8.61 Å². The summed E-state index contributed by atoms with van der Waals surface area (Å²) in [5.74, 6) is -4.33. The van der Waals surface area contributed by atoms with Crippen molar-refractivity contribution in [1.29, 1.82) is 0 Å². The third-order valence-electron chi connectivity index (χ3n) is 5.07. The van der Waals surface area contributed by atoms with Gasteiger partial charge in [0.25, 0.3) is 5.92 Å². The molecule has 1 N–H and O–H groups in total. The minimum atomic E-state index is -3.95. The Morgan fingerprint density at radius 2 is 1.79 bits per heavy atom. The average Bonchev–Trinajstić information content (AvgIpc) is 3.27. The van der Waals surface area contributed by atoms with Crippen LogP contribution in [0.25, 0.3) is 11.1 Å². The lowest BCUT2D eigenvalue weighted by Gasteiger charge is -2.18. The van der Waals surface area contributed by atoms with Crippen molar-refractivity contribution in [3.8, 4) is 11.1 Å². The monoisotopic (exact) mass is 428 g/mol. The zero-order valence-corrected chi connectivity index (χ0v) is 17.2. The van der Waals surface area contributed by atoms with Crippen molar-refractivity contribution < 1.29 is 26.7 Å². The lowest BCUT2D eigenvalue weighted by molar-refractivity contribution is 0.101. The first-order valence-corrected chi connectivity index (χ1v) is 10.7. The summed E-state index contributed by atoms with van der Waals surface area (Å²) in [5.41, 5.74) is 1.77. The number of nitrogens with zero attached hydrogens (tertiary/aromatic N) is 2. The second kappa shape index (κ2) is 7.53. The largest absolute Gasteiger partial charge is 0.392 e. The molecule has 0 bridgehead atoms. The molecule has 0 amide bonds. The molecule has 1 atom stereocenters. The van der Waals surface area contributed by atoms with Crippen molar-refractivity contribution in [3.05, 3.63) is 47.8 Å². The van der Waals surface area contributed by atoms with Crippen LogP contribution >= 0.6 is 0 Å². The van der Waals surface area contributed by atoms with Crippen LogP contribution in [0.3, 0.4) is 0 Å². The zero-order valence-electron chi connectivity index (χ0n) is 16.4. The van der Waals surface area contributed by atoms with Gasteiger partial charge in [0.05, 0.1) is 18.0 Å². The molecular weight excluding hydrogens is 405 g/mol. The van der Waals surface area contributed by atoms with Gasteiger partial charge in [0, 0.05) is 31.5 Å². The lowest BCUT2D eigenvalue weighted by Crippen LogP contribution is -2.37. The van der Waals surface area contributed by atoms with Crippen LogP contribution in [0.1, 0.15) is 25.8 Å². The fourth-order valence-corrected chi connectivity index (χ4v) is 4.76. The van der Waals surface area contributed by atoms with Crippen molar-refractivity contribution in [3.63, 3.8) is 0 Å². The number of hydrogen-bond acceptors (Lipinski definition) is 3. The molecule has 5 nitrogen and oxygen atoms in total. The van der Waals surface area contributed by atoms with E-state index in [4.69, 9.17) is 0 Å². The van der Waals surface area contributed by atoms with Gasteiger partial charge in [0.2, 0.25) is 0 Å². The van der Waals surface area contributed by atoms with Gasteiger partial charge in [-0.2, -0.15) is 8.42 Å². The highest BCUT2D eigenvalue weighted by atomic mass is 32.2. The predicted octanol–water partition coefficient (Wildman–Crippen LogP) is 4.17. The minimum Gasteiger partial charge on any atom is -0.392 e. The summed E-state index contributed by atoms with van der Waals surface area (Å²) in [4.78, 5) is 0. The molecular formula is C20H23F3N2O3S. The van der Waals surface area contributed by atoms with E-state index in [1.165, 1.54) is 37.4 Å². The molecule has 1 aliphatic heterocycles. The molecule has 9 heteroatoms. The number of halogens is 3. The van der Waals surface area contributed by atoms with Gasteiger partial charge in [0.15, 0.2) is 0 Å². The van der Waals surface area contributed by atoms with E-state index in [0.29, 0.717) is 22.5 Å². The first-order chi connectivity index (χ1) is 13.6. The van der Waals surface area contributed by atoms with Crippen molar-refractivity contribution in [2.24, 2.45) is 5.92 Å². The SMILES string of the molecule is CC.CN1c2cc(-c3cc(CO)ccc3F)ccc2N(CC2CC2(F)F)S1(=O)=O. The van der Waals surface area contributed by atoms with E-state index in [1.54, 1.807) is 6.07 Å². The Morgan fingerprint density at radius 3 is 2.38 bits per heavy atom. The number of fused-ring (bicyclic) bond motifs is 1. The number of benzene rings is 2. The van der Waals surface area contributed by atoms with Gasteiger partial charge >= 0.3 is 10.2 Å². The van der Waals surface area contributed by atoms with Gasteiger partial charge in [-0.1, -0.05) is 26.0 Å². The molecule has 4 rings (SSSR count). The van der Waals surface area contributed by atoms with E-state index < -0.39 is 27.9 Å². The standard InChI is InChI=1S/C18H17F3N2O3S.C2H6/c1-22-17-7-12(14-6-11(10-24)2-4-15(14)19)3-5-16(17)23(27(22,25)26)9-13-8-18(13,20)21;1-2/h2-7,13,24H,8-10H2,1H3;1-2H3. The summed E-state index contributed by atoms with van der Waals surface area (Å²) in [6, 6.07) is 8.74. The third-order valence-corrected chi connectivity index (χ3v) is 6.87. The summed E-state index contributed by atoms with van der Waals surface area (Å²) in [6.07, 6.45) is -0.324. The van der Waals surface area contributed by atoms with Gasteiger partial charge in [-0.05, 0) is 35.4 Å². The van der Waals surface area contributed by atoms with Crippen LogP contribution < -0.4 is 8.61 Å². The van der Waals surface area contributed by atoms with Gasteiger partial charge in [0.1, 0.15) is 5.82 Å². The van der Waals surface area contributed by atoms with E-state index in [2.05, 4.69) is 0 Å². The minimum absolute atomic E-state index is 0.224. The Labute approximate surface area is 168 Å². The molecule has 1 heterocycles. The molecule has 29 heavy (non-hydrogen) atoms. The van der Waals surface area contributed by atoms with Crippen molar-refractivity contribution in [2.75, 3.05) is 22.2 Å². The highest BCUT2D eigenvalue weighted by molar-refractivity contribution is 7.94. The van der Waals surface area contributed by atoms with E-state index in [9.17, 15) is 26.7 Å². The number of rotatable bonds is 4. The Hall–Kier alpha value is -2.26. The number of aliphatic hydroxyl groups is 1. The first kappa shape index (κ1) is 21.4. The predicted molar refractivity (Wildman–Crippen MR) is 107 cm³/mol. The van der Waals surface area contributed by atoms with Gasteiger partial charge in [-0.3, -0.25) is 8.61 Å². The number of aliphatic hydroxyl groups excluding tert-OH is 1. The molecule has 1 unspecified atom stereocenters. The molecule has 1 aliphatic carbocycles. The molecule has 0 aromatic heterocycles. The summed E-state index contributed by atoms with van der Waals surface area (Å²) in [5, 5.41) is 9.25. The molecule has 1 fully saturated rings. The molecule has 0 spiro atoms. The van der Waals surface area contributed by atoms with Crippen LogP contribution in [0.15, 0.2) is 36.4 Å². The Kier molecular flexibility index (Phi) is 5.57. The highest BCUT2D eigenvalue weighted by Crippen LogP contribution is 2.51. The maximum Gasteiger partial charge on any atom is 0.326 e. The molecule has 2 aromatic rings. The first-order valence-electron chi connectivity index (χ1n) is 9.33. The number of hydrogen-bond donors (Lipinski definition) is 1. The summed E-state index contributed by atoms with van der Waals surface area (Å²) < 4.78 is 68.1. The van der Waals surface area contributed by atoms with E-state index in [1.807, 2.05) is 13.8 Å². The van der Waals surface area contributed by atoms with E-state index >= 15 is 0 Å². The summed E-state index contributed by atoms with van der Waals surface area (Å²) in [7, 11) is -2.62. The second-order valence-corrected chi connectivity index (χ2v) is 8.73. The van der Waals surface area contributed by atoms with Crippen LogP contribution in [0.4, 0.5) is 24.5 Å². The zero-order chi connectivity index (χ0) is 21.6. The van der Waals surface area contributed by atoms with E-state index in [-0.39, 0.29) is 25.1 Å². The maximum atomic E-state index is 14.2. The van der Waals surface area contributed by atoms with Crippen LogP contribution in [0.2, 0.25) is 0 Å². The fraction of sp³-hybridized carbons (Fsp3) is 0.400. The number of anilines is 2. The molecule has 158 valence electrons. The average molecular weight is 428 g/mol. The van der Waals surface area contributed by atoms with Crippen molar-refractivity contribution in [1.82, 2.24) is 0 Å². The van der Waals surface area contributed by atoms with Crippen LogP contribution in [-0.2, 0) is 16.8 Å². The molecule has 1 saturated carbocycles. The Morgan fingerprint density at radius 1 is 1.14 bits per heavy atom. The normalized spacial score (nSPS) is 20.7. The van der Waals surface area contributed by atoms with Gasteiger partial charge in [-0.15, -0.1) is 0 Å². The van der Waals surface area contributed by atoms with Crippen molar-refractivity contribution in [2.45, 2.75) is 32.8 Å². The van der Waals surface area contributed by atoms with Gasteiger partial charge in [-0.25, -0.2) is 13.2 Å². The van der Waals surface area contributed by atoms with Crippen molar-refractivity contribution >= 4 is 21.6 Å². The molecule has 2 aliphatic rings. The fourth-order valence-electron chi connectivity index (χ4n) is 3.30. The third kappa shape index (κ3) is 3.69. The molecule has 0 saturated heterocycles. The van der Waals surface area contributed by atoms with Crippen LogP contribution in [-0.4, -0.2) is 33.0 Å². The topological polar surface area (TPSA) is 60.9 Å². The second-order valence-electron chi connectivity index (χ2n) is 6.84. The number of alkyl halides is 2. The molecule has 0 radical (unpaired) electrons. The quantitative estimate of drug-likeness (QED) is 0.795. The summed E-state index contributed by atoms with van der Waals surface area (Å²) >= 11 is 0. The summed E-state index contributed by atoms with van der Waals surface area (Å²) in [6.45, 7) is 3.45.